The third-order valence-corrected chi connectivity index (χ3v) is 6.90. The standard InChI is InChI=1S/C28H30N6O4/c1-18-7-6-8-23(31-18)19-16-30-33(17-19)14-5-3-2-4-13-29-20-9-10-21-22(15-20)28(38)34(27(21)37)24-11-12-25(35)32-26(24)36/h6-10,15-17,24,29H,2-5,11-14H2,1H3,(H,32,35,36). The van der Waals surface area contributed by atoms with E-state index in [0.29, 0.717) is 0 Å². The Morgan fingerprint density at radius 1 is 1.00 bits per heavy atom. The van der Waals surface area contributed by atoms with Crippen molar-refractivity contribution >= 4 is 29.3 Å². The molecule has 10 nitrogen and oxygen atoms in total. The zero-order valence-corrected chi connectivity index (χ0v) is 21.3. The number of hydrogen-bond donors (Lipinski definition) is 2. The van der Waals surface area contributed by atoms with Gasteiger partial charge in [0.2, 0.25) is 11.8 Å². The highest BCUT2D eigenvalue weighted by molar-refractivity contribution is 6.23. The van der Waals surface area contributed by atoms with Gasteiger partial charge in [0.05, 0.1) is 23.0 Å². The fourth-order valence-corrected chi connectivity index (χ4v) is 4.89. The summed E-state index contributed by atoms with van der Waals surface area (Å²) in [5.41, 5.74) is 4.26. The second-order valence-corrected chi connectivity index (χ2v) is 9.70. The first-order chi connectivity index (χ1) is 18.4. The van der Waals surface area contributed by atoms with Crippen LogP contribution >= 0.6 is 0 Å². The molecule has 10 heteroatoms. The lowest BCUT2D eigenvalue weighted by atomic mass is 10.0. The Kier molecular flexibility index (Phi) is 7.30. The van der Waals surface area contributed by atoms with Gasteiger partial charge in [0.15, 0.2) is 0 Å². The highest BCUT2D eigenvalue weighted by Crippen LogP contribution is 2.29. The Morgan fingerprint density at radius 2 is 1.82 bits per heavy atom. The molecular formula is C28H30N6O4. The average molecular weight is 515 g/mol. The third-order valence-electron chi connectivity index (χ3n) is 6.90. The highest BCUT2D eigenvalue weighted by Gasteiger charge is 2.44. The molecule has 2 aliphatic heterocycles. The number of nitrogens with one attached hydrogen (secondary N) is 2. The second-order valence-electron chi connectivity index (χ2n) is 9.70. The Morgan fingerprint density at radius 3 is 2.63 bits per heavy atom. The van der Waals surface area contributed by atoms with Crippen LogP contribution in [0.15, 0.2) is 48.8 Å². The van der Waals surface area contributed by atoms with E-state index < -0.39 is 23.8 Å². The van der Waals surface area contributed by atoms with Crippen LogP contribution in [0.2, 0.25) is 0 Å². The molecule has 0 saturated carbocycles. The summed E-state index contributed by atoms with van der Waals surface area (Å²) in [6, 6.07) is 10.1. The summed E-state index contributed by atoms with van der Waals surface area (Å²) >= 11 is 0. The van der Waals surface area contributed by atoms with Gasteiger partial charge < -0.3 is 5.32 Å². The molecule has 0 radical (unpaired) electrons. The van der Waals surface area contributed by atoms with Gasteiger partial charge in [-0.2, -0.15) is 5.10 Å². The van der Waals surface area contributed by atoms with Crippen molar-refractivity contribution in [2.75, 3.05) is 11.9 Å². The van der Waals surface area contributed by atoms with Crippen LogP contribution in [0.1, 0.15) is 64.9 Å². The van der Waals surface area contributed by atoms with E-state index in [1.807, 2.05) is 42.2 Å². The Bertz CT molecular complexity index is 1400. The van der Waals surface area contributed by atoms with Gasteiger partial charge in [-0.15, -0.1) is 0 Å². The van der Waals surface area contributed by atoms with Crippen LogP contribution < -0.4 is 10.6 Å². The number of rotatable bonds is 10. The fourth-order valence-electron chi connectivity index (χ4n) is 4.89. The lowest BCUT2D eigenvalue weighted by Gasteiger charge is -2.27. The molecule has 0 aliphatic carbocycles. The molecule has 4 amide bonds. The number of amides is 4. The van der Waals surface area contributed by atoms with E-state index in [1.54, 1.807) is 18.2 Å². The minimum Gasteiger partial charge on any atom is -0.385 e. The van der Waals surface area contributed by atoms with Crippen LogP contribution in [0.4, 0.5) is 5.69 Å². The predicted molar refractivity (Wildman–Crippen MR) is 140 cm³/mol. The number of nitrogens with zero attached hydrogens (tertiary/aromatic N) is 4. The molecule has 5 rings (SSSR count). The molecule has 1 fully saturated rings. The van der Waals surface area contributed by atoms with Gasteiger partial charge in [0.1, 0.15) is 6.04 Å². The molecule has 196 valence electrons. The van der Waals surface area contributed by atoms with E-state index in [9.17, 15) is 19.2 Å². The Hall–Kier alpha value is -4.34. The van der Waals surface area contributed by atoms with Crippen molar-refractivity contribution in [2.24, 2.45) is 0 Å². The van der Waals surface area contributed by atoms with E-state index in [-0.39, 0.29) is 29.9 Å². The summed E-state index contributed by atoms with van der Waals surface area (Å²) in [7, 11) is 0. The van der Waals surface area contributed by atoms with Crippen LogP contribution in [0.5, 0.6) is 0 Å². The predicted octanol–water partition coefficient (Wildman–Crippen LogP) is 3.33. The number of carbonyl (C=O) groups excluding carboxylic acids is 4. The van der Waals surface area contributed by atoms with Crippen molar-refractivity contribution in [3.05, 3.63) is 65.6 Å². The minimum atomic E-state index is -0.955. The monoisotopic (exact) mass is 514 g/mol. The normalized spacial score (nSPS) is 17.1. The number of piperidine rings is 1. The molecule has 2 aliphatic rings. The van der Waals surface area contributed by atoms with Crippen molar-refractivity contribution in [2.45, 2.75) is 58.0 Å². The van der Waals surface area contributed by atoms with Crippen molar-refractivity contribution in [1.29, 1.82) is 0 Å². The molecule has 0 bridgehead atoms. The first-order valence-electron chi connectivity index (χ1n) is 13.0. The third kappa shape index (κ3) is 5.34. The van der Waals surface area contributed by atoms with Gasteiger partial charge in [0.25, 0.3) is 11.8 Å². The molecule has 1 atom stereocenters. The van der Waals surface area contributed by atoms with Crippen molar-refractivity contribution in [3.63, 3.8) is 0 Å². The Labute approximate surface area is 220 Å². The molecule has 2 N–H and O–H groups in total. The average Bonchev–Trinajstić information content (AvgIpc) is 3.47. The van der Waals surface area contributed by atoms with Crippen molar-refractivity contribution in [1.82, 2.24) is 25.0 Å². The summed E-state index contributed by atoms with van der Waals surface area (Å²) in [6.45, 7) is 3.57. The van der Waals surface area contributed by atoms with Crippen molar-refractivity contribution in [3.8, 4) is 11.3 Å². The zero-order chi connectivity index (χ0) is 26.6. The molecule has 2 aromatic heterocycles. The summed E-state index contributed by atoms with van der Waals surface area (Å²) in [4.78, 5) is 54.9. The van der Waals surface area contributed by atoms with Crippen LogP contribution in [0.25, 0.3) is 11.3 Å². The van der Waals surface area contributed by atoms with E-state index in [0.717, 1.165) is 66.3 Å². The lowest BCUT2D eigenvalue weighted by Crippen LogP contribution is -2.54. The maximum atomic E-state index is 12.9. The number of aryl methyl sites for hydroxylation is 2. The molecule has 4 heterocycles. The Balaban J connectivity index is 1.05. The summed E-state index contributed by atoms with van der Waals surface area (Å²) in [5.74, 6) is -1.99. The van der Waals surface area contributed by atoms with Gasteiger partial charge in [-0.25, -0.2) is 0 Å². The number of anilines is 1. The topological polar surface area (TPSA) is 126 Å². The number of unbranched alkanes of at least 4 members (excludes halogenated alkanes) is 3. The first kappa shape index (κ1) is 25.3. The maximum absolute atomic E-state index is 12.9. The van der Waals surface area contributed by atoms with E-state index >= 15 is 0 Å². The number of fused-ring (bicyclic) bond motifs is 1. The molecule has 1 aromatic carbocycles. The van der Waals surface area contributed by atoms with Gasteiger partial charge in [-0.1, -0.05) is 18.9 Å². The quantitative estimate of drug-likeness (QED) is 0.314. The van der Waals surface area contributed by atoms with E-state index in [4.69, 9.17) is 0 Å². The smallest absolute Gasteiger partial charge is 0.262 e. The second kappa shape index (κ2) is 11.0. The van der Waals surface area contributed by atoms with Gasteiger partial charge in [0, 0.05) is 42.7 Å². The summed E-state index contributed by atoms with van der Waals surface area (Å²) < 4.78 is 1.96. The fraction of sp³-hybridized carbons (Fsp3) is 0.357. The van der Waals surface area contributed by atoms with Gasteiger partial charge in [-0.3, -0.25) is 39.1 Å². The number of aromatic nitrogens is 3. The number of pyridine rings is 1. The maximum Gasteiger partial charge on any atom is 0.262 e. The van der Waals surface area contributed by atoms with E-state index in [1.165, 1.54) is 0 Å². The highest BCUT2D eigenvalue weighted by atomic mass is 16.2. The lowest BCUT2D eigenvalue weighted by molar-refractivity contribution is -0.136. The molecule has 38 heavy (non-hydrogen) atoms. The van der Waals surface area contributed by atoms with Crippen LogP contribution in [-0.2, 0) is 16.1 Å². The summed E-state index contributed by atoms with van der Waals surface area (Å²) in [6.07, 6.45) is 8.23. The molecule has 1 saturated heterocycles. The van der Waals surface area contributed by atoms with Crippen LogP contribution in [0.3, 0.4) is 0 Å². The van der Waals surface area contributed by atoms with Crippen molar-refractivity contribution < 1.29 is 19.2 Å². The molecule has 3 aromatic rings. The van der Waals surface area contributed by atoms with Crippen LogP contribution in [-0.4, -0.2) is 55.9 Å². The van der Waals surface area contributed by atoms with Gasteiger partial charge >= 0.3 is 0 Å². The molecular weight excluding hydrogens is 484 g/mol. The molecule has 1 unspecified atom stereocenters. The van der Waals surface area contributed by atoms with E-state index in [2.05, 4.69) is 20.7 Å². The zero-order valence-electron chi connectivity index (χ0n) is 21.3. The minimum absolute atomic E-state index is 0.102. The number of carbonyl (C=O) groups is 4. The SMILES string of the molecule is Cc1cccc(-c2cnn(CCCCCCNc3ccc4c(c3)C(=O)N(C3CCC(=O)NC3=O)C4=O)c2)n1. The van der Waals surface area contributed by atoms with Gasteiger partial charge in [-0.05, 0) is 56.5 Å². The number of benzene rings is 1. The molecule has 0 spiro atoms. The first-order valence-corrected chi connectivity index (χ1v) is 13.0. The van der Waals surface area contributed by atoms with Crippen LogP contribution in [0, 0.1) is 6.92 Å². The number of imide groups is 2. The number of hydrogen-bond acceptors (Lipinski definition) is 7. The summed E-state index contributed by atoms with van der Waals surface area (Å²) in [5, 5.41) is 9.98. The largest absolute Gasteiger partial charge is 0.385 e.